The van der Waals surface area contributed by atoms with Crippen LogP contribution >= 0.6 is 0 Å². The van der Waals surface area contributed by atoms with Crippen LogP contribution in [0.4, 0.5) is 5.69 Å². The van der Waals surface area contributed by atoms with Crippen LogP contribution in [0.25, 0.3) is 0 Å². The Labute approximate surface area is 158 Å². The molecule has 1 aliphatic rings. The van der Waals surface area contributed by atoms with Gasteiger partial charge in [0, 0.05) is 44.3 Å². The second kappa shape index (κ2) is 7.99. The van der Waals surface area contributed by atoms with Crippen molar-refractivity contribution >= 4 is 23.9 Å². The van der Waals surface area contributed by atoms with E-state index < -0.39 is 0 Å². The van der Waals surface area contributed by atoms with Gasteiger partial charge in [-0.3, -0.25) is 19.4 Å². The summed E-state index contributed by atoms with van der Waals surface area (Å²) in [5.41, 5.74) is 3.44. The van der Waals surface area contributed by atoms with E-state index in [1.165, 1.54) is 12.4 Å². The van der Waals surface area contributed by atoms with Gasteiger partial charge in [-0.15, -0.1) is 0 Å². The highest BCUT2D eigenvalue weighted by molar-refractivity contribution is 6.06. The summed E-state index contributed by atoms with van der Waals surface area (Å²) in [6.45, 7) is 5.84. The third-order valence-corrected chi connectivity index (χ3v) is 4.64. The number of amides is 3. The third-order valence-electron chi connectivity index (χ3n) is 4.64. The molecule has 7 heteroatoms. The number of anilines is 1. The summed E-state index contributed by atoms with van der Waals surface area (Å²) < 4.78 is 0. The van der Waals surface area contributed by atoms with Crippen molar-refractivity contribution in [1.82, 2.24) is 14.8 Å². The molecule has 0 saturated carbocycles. The molecule has 1 saturated heterocycles. The van der Waals surface area contributed by atoms with E-state index in [4.69, 9.17) is 0 Å². The molecular formula is C20H22N4O3. The zero-order valence-electron chi connectivity index (χ0n) is 15.4. The highest BCUT2D eigenvalue weighted by Gasteiger charge is 2.22. The van der Waals surface area contributed by atoms with Gasteiger partial charge in [-0.1, -0.05) is 12.1 Å². The molecule has 1 aromatic heterocycles. The maximum absolute atomic E-state index is 12.7. The molecule has 0 unspecified atom stereocenters. The number of nitrogens with zero attached hydrogens (tertiary/aromatic N) is 3. The van der Waals surface area contributed by atoms with E-state index in [1.807, 2.05) is 32.0 Å². The van der Waals surface area contributed by atoms with Crippen molar-refractivity contribution in [2.45, 2.75) is 13.8 Å². The molecule has 0 spiro atoms. The molecular weight excluding hydrogens is 344 g/mol. The Bertz CT molecular complexity index is 873. The molecule has 2 heterocycles. The summed E-state index contributed by atoms with van der Waals surface area (Å²) in [4.78, 5) is 43.4. The van der Waals surface area contributed by atoms with E-state index in [9.17, 15) is 14.4 Å². The lowest BCUT2D eigenvalue weighted by molar-refractivity contribution is -0.119. The van der Waals surface area contributed by atoms with Crippen LogP contribution < -0.4 is 5.32 Å². The molecule has 0 bridgehead atoms. The number of nitrogens with one attached hydrogen (secondary N) is 1. The maximum Gasteiger partial charge on any atom is 0.257 e. The third kappa shape index (κ3) is 4.31. The molecule has 0 radical (unpaired) electrons. The van der Waals surface area contributed by atoms with Crippen LogP contribution in [0.15, 0.2) is 36.7 Å². The van der Waals surface area contributed by atoms with E-state index in [-0.39, 0.29) is 11.8 Å². The van der Waals surface area contributed by atoms with Crippen LogP contribution in [0, 0.1) is 13.8 Å². The number of aromatic nitrogens is 1. The Morgan fingerprint density at radius 2 is 1.74 bits per heavy atom. The highest BCUT2D eigenvalue weighted by Crippen LogP contribution is 2.18. The second-order valence-electron chi connectivity index (χ2n) is 6.67. The molecule has 27 heavy (non-hydrogen) atoms. The fourth-order valence-electron chi connectivity index (χ4n) is 2.96. The first kappa shape index (κ1) is 18.6. The van der Waals surface area contributed by atoms with Crippen molar-refractivity contribution in [3.05, 3.63) is 58.9 Å². The zero-order valence-corrected chi connectivity index (χ0v) is 15.4. The Morgan fingerprint density at radius 1 is 1.04 bits per heavy atom. The molecule has 2 aromatic rings. The van der Waals surface area contributed by atoms with Crippen molar-refractivity contribution in [3.63, 3.8) is 0 Å². The molecule has 7 nitrogen and oxygen atoms in total. The average Bonchev–Trinajstić information content (AvgIpc) is 2.70. The predicted octanol–water partition coefficient (Wildman–Crippen LogP) is 1.86. The fourth-order valence-corrected chi connectivity index (χ4v) is 2.96. The van der Waals surface area contributed by atoms with Crippen LogP contribution in [0.1, 0.15) is 31.8 Å². The first-order valence-electron chi connectivity index (χ1n) is 8.80. The second-order valence-corrected chi connectivity index (χ2v) is 6.67. The molecule has 1 fully saturated rings. The number of piperazine rings is 1. The maximum atomic E-state index is 12.7. The zero-order chi connectivity index (χ0) is 19.4. The summed E-state index contributed by atoms with van der Waals surface area (Å²) in [5, 5.41) is 2.88. The van der Waals surface area contributed by atoms with E-state index in [0.717, 1.165) is 23.2 Å². The van der Waals surface area contributed by atoms with Crippen molar-refractivity contribution in [2.75, 3.05) is 31.5 Å². The Hall–Kier alpha value is -3.22. The number of aryl methyl sites for hydroxylation is 2. The first-order valence-corrected chi connectivity index (χ1v) is 8.80. The Balaban J connectivity index is 1.73. The van der Waals surface area contributed by atoms with Crippen LogP contribution in [0.3, 0.4) is 0 Å². The molecule has 1 aromatic carbocycles. The summed E-state index contributed by atoms with van der Waals surface area (Å²) in [6.07, 6.45) is 3.70. The number of carbonyl (C=O) groups is 3. The molecule has 1 N–H and O–H groups in total. The van der Waals surface area contributed by atoms with Crippen molar-refractivity contribution in [2.24, 2.45) is 0 Å². The molecule has 3 rings (SSSR count). The minimum Gasteiger partial charge on any atom is -0.342 e. The lowest BCUT2D eigenvalue weighted by Crippen LogP contribution is -2.48. The van der Waals surface area contributed by atoms with E-state index in [1.54, 1.807) is 15.9 Å². The van der Waals surface area contributed by atoms with Crippen molar-refractivity contribution < 1.29 is 14.4 Å². The van der Waals surface area contributed by atoms with Gasteiger partial charge >= 0.3 is 0 Å². The van der Waals surface area contributed by atoms with E-state index >= 15 is 0 Å². The largest absolute Gasteiger partial charge is 0.342 e. The van der Waals surface area contributed by atoms with Crippen LogP contribution in [-0.4, -0.2) is 59.2 Å². The van der Waals surface area contributed by atoms with Gasteiger partial charge in [0.05, 0.1) is 11.1 Å². The lowest BCUT2D eigenvalue weighted by atomic mass is 10.1. The van der Waals surface area contributed by atoms with Gasteiger partial charge in [0.2, 0.25) is 6.41 Å². The molecule has 140 valence electrons. The van der Waals surface area contributed by atoms with Gasteiger partial charge in [-0.05, 0) is 37.1 Å². The standard InChI is InChI=1S/C20H22N4O3/c1-14-3-4-15(2)18(9-14)22-19(26)16-10-17(12-21-11-16)20(27)24-7-5-23(13-25)6-8-24/h3-4,9-13H,5-8H2,1-2H3,(H,22,26). The van der Waals surface area contributed by atoms with Gasteiger partial charge in [0.1, 0.15) is 0 Å². The van der Waals surface area contributed by atoms with E-state index in [0.29, 0.717) is 37.3 Å². The predicted molar refractivity (Wildman–Crippen MR) is 102 cm³/mol. The molecule has 3 amide bonds. The number of hydrogen-bond donors (Lipinski definition) is 1. The number of rotatable bonds is 4. The summed E-state index contributed by atoms with van der Waals surface area (Å²) in [5.74, 6) is -0.494. The van der Waals surface area contributed by atoms with Gasteiger partial charge in [-0.2, -0.15) is 0 Å². The smallest absolute Gasteiger partial charge is 0.257 e. The fraction of sp³-hybridized carbons (Fsp3) is 0.300. The average molecular weight is 366 g/mol. The van der Waals surface area contributed by atoms with Crippen molar-refractivity contribution in [1.29, 1.82) is 0 Å². The van der Waals surface area contributed by atoms with Gasteiger partial charge in [0.15, 0.2) is 0 Å². The van der Waals surface area contributed by atoms with Crippen molar-refractivity contribution in [3.8, 4) is 0 Å². The number of hydrogen-bond acceptors (Lipinski definition) is 4. The summed E-state index contributed by atoms with van der Waals surface area (Å²) >= 11 is 0. The quantitative estimate of drug-likeness (QED) is 0.838. The normalized spacial score (nSPS) is 14.0. The van der Waals surface area contributed by atoms with E-state index in [2.05, 4.69) is 10.3 Å². The Morgan fingerprint density at radius 3 is 2.44 bits per heavy atom. The molecule has 0 atom stereocenters. The molecule has 0 aliphatic carbocycles. The lowest BCUT2D eigenvalue weighted by Gasteiger charge is -2.32. The monoisotopic (exact) mass is 366 g/mol. The summed E-state index contributed by atoms with van der Waals surface area (Å²) in [6, 6.07) is 7.39. The highest BCUT2D eigenvalue weighted by atomic mass is 16.2. The first-order chi connectivity index (χ1) is 13.0. The Kier molecular flexibility index (Phi) is 5.49. The minimum absolute atomic E-state index is 0.186. The number of benzene rings is 1. The number of carbonyl (C=O) groups excluding carboxylic acids is 3. The molecule has 1 aliphatic heterocycles. The topological polar surface area (TPSA) is 82.6 Å². The summed E-state index contributed by atoms with van der Waals surface area (Å²) in [7, 11) is 0. The minimum atomic E-state index is -0.309. The van der Waals surface area contributed by atoms with Gasteiger partial charge in [-0.25, -0.2) is 0 Å². The van der Waals surface area contributed by atoms with Gasteiger partial charge in [0.25, 0.3) is 11.8 Å². The van der Waals surface area contributed by atoms with Crippen LogP contribution in [0.5, 0.6) is 0 Å². The van der Waals surface area contributed by atoms with Gasteiger partial charge < -0.3 is 15.1 Å². The van der Waals surface area contributed by atoms with Crippen LogP contribution in [-0.2, 0) is 4.79 Å². The SMILES string of the molecule is Cc1ccc(C)c(NC(=O)c2cncc(C(=O)N3CCN(C=O)CC3)c2)c1. The number of pyridine rings is 1. The van der Waals surface area contributed by atoms with Crippen LogP contribution in [0.2, 0.25) is 0 Å².